The smallest absolute Gasteiger partial charge is 0.0643 e. The van der Waals surface area contributed by atoms with Crippen molar-refractivity contribution in [2.45, 2.75) is 51.3 Å². The van der Waals surface area contributed by atoms with Gasteiger partial charge in [0.1, 0.15) is 0 Å². The number of benzene rings is 1. The maximum absolute atomic E-state index is 10.8. The van der Waals surface area contributed by atoms with E-state index in [0.717, 1.165) is 6.42 Å². The maximum atomic E-state index is 10.8. The highest BCUT2D eigenvalue weighted by atomic mass is 31.1. The van der Waals surface area contributed by atoms with Crippen LogP contribution in [-0.4, -0.2) is 23.0 Å². The molecule has 0 aromatic heterocycles. The van der Waals surface area contributed by atoms with Crippen LogP contribution >= 0.6 is 7.92 Å². The fourth-order valence-electron chi connectivity index (χ4n) is 3.69. The third kappa shape index (κ3) is 2.73. The summed E-state index contributed by atoms with van der Waals surface area (Å²) < 4.78 is 0. The number of hydrogen-bond acceptors (Lipinski definition) is 1. The van der Waals surface area contributed by atoms with Crippen LogP contribution in [0.25, 0.3) is 0 Å². The van der Waals surface area contributed by atoms with Crippen LogP contribution in [0.5, 0.6) is 0 Å². The van der Waals surface area contributed by atoms with Crippen molar-refractivity contribution in [3.05, 3.63) is 30.3 Å². The molecule has 1 fully saturated rings. The molecule has 1 saturated carbocycles. The summed E-state index contributed by atoms with van der Waals surface area (Å²) in [6, 6.07) is 10.8. The van der Waals surface area contributed by atoms with Gasteiger partial charge in [0, 0.05) is 5.16 Å². The van der Waals surface area contributed by atoms with Crippen LogP contribution in [0, 0.1) is 11.8 Å². The average Bonchev–Trinajstić information content (AvgIpc) is 2.39. The number of aliphatic hydroxyl groups excluding tert-OH is 1. The molecular formula is C17H27OP. The fraction of sp³-hybridized carbons (Fsp3) is 0.647. The van der Waals surface area contributed by atoms with E-state index in [1.165, 1.54) is 18.1 Å². The summed E-state index contributed by atoms with van der Waals surface area (Å²) in [6.45, 7) is 9.22. The van der Waals surface area contributed by atoms with Gasteiger partial charge in [0.15, 0.2) is 0 Å². The van der Waals surface area contributed by atoms with Gasteiger partial charge in [0.25, 0.3) is 0 Å². The molecule has 106 valence electrons. The average molecular weight is 278 g/mol. The Hall–Kier alpha value is -0.390. The second kappa shape index (κ2) is 5.94. The lowest BCUT2D eigenvalue weighted by Crippen LogP contribution is -2.50. The molecule has 0 spiro atoms. The van der Waals surface area contributed by atoms with Gasteiger partial charge in [0.2, 0.25) is 0 Å². The molecule has 0 radical (unpaired) electrons. The first-order valence-electron chi connectivity index (χ1n) is 7.45. The molecule has 2 heteroatoms. The number of rotatable bonds is 3. The quantitative estimate of drug-likeness (QED) is 0.829. The van der Waals surface area contributed by atoms with E-state index in [1.807, 2.05) is 0 Å². The molecular weight excluding hydrogens is 251 g/mol. The molecule has 1 aromatic rings. The minimum Gasteiger partial charge on any atom is -0.392 e. The van der Waals surface area contributed by atoms with Crippen molar-refractivity contribution in [3.63, 3.8) is 0 Å². The molecule has 1 aromatic carbocycles. The summed E-state index contributed by atoms with van der Waals surface area (Å²) in [4.78, 5) is 0. The van der Waals surface area contributed by atoms with Gasteiger partial charge in [0.05, 0.1) is 6.10 Å². The van der Waals surface area contributed by atoms with Crippen molar-refractivity contribution in [1.29, 1.82) is 0 Å². The Labute approximate surface area is 119 Å². The van der Waals surface area contributed by atoms with Crippen molar-refractivity contribution in [2.24, 2.45) is 11.8 Å². The van der Waals surface area contributed by atoms with Crippen LogP contribution in [-0.2, 0) is 0 Å². The summed E-state index contributed by atoms with van der Waals surface area (Å²) in [6.07, 6.45) is 3.25. The van der Waals surface area contributed by atoms with E-state index in [9.17, 15) is 5.11 Å². The van der Waals surface area contributed by atoms with E-state index in [0.29, 0.717) is 11.8 Å². The predicted octanol–water partition coefficient (Wildman–Crippen LogP) is 4.00. The molecule has 0 bridgehead atoms. The Bertz CT molecular complexity index is 403. The van der Waals surface area contributed by atoms with Gasteiger partial charge in [-0.2, -0.15) is 0 Å². The van der Waals surface area contributed by atoms with E-state index in [1.54, 1.807) is 0 Å². The zero-order valence-corrected chi connectivity index (χ0v) is 13.5. The summed E-state index contributed by atoms with van der Waals surface area (Å²) in [5.74, 6) is 1.20. The molecule has 1 unspecified atom stereocenters. The summed E-state index contributed by atoms with van der Waals surface area (Å²) in [5.41, 5.74) is 0. The molecule has 1 aliphatic carbocycles. The molecule has 1 nitrogen and oxygen atoms in total. The molecule has 0 amide bonds. The molecule has 1 N–H and O–H groups in total. The Balaban J connectivity index is 2.34. The lowest BCUT2D eigenvalue weighted by atomic mass is 9.74. The Kier molecular flexibility index (Phi) is 4.69. The van der Waals surface area contributed by atoms with Gasteiger partial charge in [-0.1, -0.05) is 59.0 Å². The highest BCUT2D eigenvalue weighted by molar-refractivity contribution is 7.66. The van der Waals surface area contributed by atoms with Crippen LogP contribution in [0.1, 0.15) is 40.0 Å². The molecule has 4 atom stereocenters. The van der Waals surface area contributed by atoms with Crippen molar-refractivity contribution < 1.29 is 5.11 Å². The Morgan fingerprint density at radius 1 is 1.26 bits per heavy atom. The first kappa shape index (κ1) is 15.0. The van der Waals surface area contributed by atoms with Crippen molar-refractivity contribution in [3.8, 4) is 0 Å². The number of hydrogen-bond donors (Lipinski definition) is 1. The second-order valence-corrected chi connectivity index (χ2v) is 8.90. The van der Waals surface area contributed by atoms with Crippen LogP contribution < -0.4 is 5.30 Å². The Morgan fingerprint density at radius 3 is 2.42 bits per heavy atom. The normalized spacial score (nSPS) is 33.4. The van der Waals surface area contributed by atoms with E-state index in [2.05, 4.69) is 57.8 Å². The topological polar surface area (TPSA) is 20.2 Å². The summed E-state index contributed by atoms with van der Waals surface area (Å²) in [5, 5.41) is 12.3. The third-order valence-electron chi connectivity index (χ3n) is 5.01. The van der Waals surface area contributed by atoms with E-state index >= 15 is 0 Å². The standard InChI is InChI=1S/C17H27OP/c1-13(2)17(11-10-14(3)12-16(17)18)19(4)15-8-6-5-7-9-15/h5-9,13-14,16,18H,10-12H2,1-4H3/t14-,16-,17-,19?/m0/s1. The van der Waals surface area contributed by atoms with Crippen molar-refractivity contribution in [2.75, 3.05) is 6.66 Å². The minimum absolute atomic E-state index is 0.100. The van der Waals surface area contributed by atoms with Gasteiger partial charge < -0.3 is 5.11 Å². The lowest BCUT2D eigenvalue weighted by Gasteiger charge is -2.50. The van der Waals surface area contributed by atoms with Crippen molar-refractivity contribution >= 4 is 13.2 Å². The zero-order chi connectivity index (χ0) is 14.0. The molecule has 0 saturated heterocycles. The molecule has 19 heavy (non-hydrogen) atoms. The van der Waals surface area contributed by atoms with Gasteiger partial charge in [-0.15, -0.1) is 0 Å². The lowest BCUT2D eigenvalue weighted by molar-refractivity contribution is 0.0459. The van der Waals surface area contributed by atoms with E-state index in [4.69, 9.17) is 0 Å². The highest BCUT2D eigenvalue weighted by Crippen LogP contribution is 2.58. The van der Waals surface area contributed by atoms with Crippen molar-refractivity contribution in [1.82, 2.24) is 0 Å². The van der Waals surface area contributed by atoms with Gasteiger partial charge in [-0.25, -0.2) is 0 Å². The second-order valence-electron chi connectivity index (χ2n) is 6.44. The first-order chi connectivity index (χ1) is 8.98. The number of aliphatic hydroxyl groups is 1. The van der Waals surface area contributed by atoms with Crippen LogP contribution in [0.15, 0.2) is 30.3 Å². The van der Waals surface area contributed by atoms with E-state index < -0.39 is 0 Å². The van der Waals surface area contributed by atoms with E-state index in [-0.39, 0.29) is 19.2 Å². The van der Waals surface area contributed by atoms with Crippen LogP contribution in [0.3, 0.4) is 0 Å². The highest BCUT2D eigenvalue weighted by Gasteiger charge is 2.48. The largest absolute Gasteiger partial charge is 0.392 e. The molecule has 0 aliphatic heterocycles. The molecule has 1 aliphatic rings. The summed E-state index contributed by atoms with van der Waals surface area (Å²) in [7, 11) is -0.326. The first-order valence-corrected chi connectivity index (χ1v) is 9.24. The predicted molar refractivity (Wildman–Crippen MR) is 85.5 cm³/mol. The van der Waals surface area contributed by atoms with Crippen LogP contribution in [0.4, 0.5) is 0 Å². The Morgan fingerprint density at radius 2 is 1.89 bits per heavy atom. The molecule has 2 rings (SSSR count). The zero-order valence-electron chi connectivity index (χ0n) is 12.6. The fourth-order valence-corrected chi connectivity index (χ4v) is 6.58. The van der Waals surface area contributed by atoms with Gasteiger partial charge in [-0.05, 0) is 43.1 Å². The monoisotopic (exact) mass is 278 g/mol. The SMILES string of the molecule is CC(C)[C@@]1(P(C)c2ccccc2)CC[C@H](C)C[C@@H]1O. The molecule has 0 heterocycles. The summed E-state index contributed by atoms with van der Waals surface area (Å²) >= 11 is 0. The maximum Gasteiger partial charge on any atom is 0.0643 e. The van der Waals surface area contributed by atoms with Gasteiger partial charge >= 0.3 is 0 Å². The van der Waals surface area contributed by atoms with Crippen LogP contribution in [0.2, 0.25) is 0 Å². The third-order valence-corrected chi connectivity index (χ3v) is 8.37. The van der Waals surface area contributed by atoms with Gasteiger partial charge in [-0.3, -0.25) is 0 Å². The minimum atomic E-state index is -0.326.